The molecule has 0 radical (unpaired) electrons. The highest BCUT2D eigenvalue weighted by atomic mass is 79.9. The van der Waals surface area contributed by atoms with Crippen molar-refractivity contribution in [2.75, 3.05) is 0 Å². The number of halogens is 2. The van der Waals surface area contributed by atoms with Crippen LogP contribution < -0.4 is 0 Å². The molecule has 15 heavy (non-hydrogen) atoms. The Kier molecular flexibility index (Phi) is 3.47. The maximum atomic E-state index is 3.58. The van der Waals surface area contributed by atoms with Gasteiger partial charge in [0.05, 0.1) is 0 Å². The summed E-state index contributed by atoms with van der Waals surface area (Å²) in [5.74, 6) is 0. The summed E-state index contributed by atoms with van der Waals surface area (Å²) in [5.41, 5.74) is 4.17. The summed E-state index contributed by atoms with van der Waals surface area (Å²) in [6.07, 6.45) is 0. The van der Waals surface area contributed by atoms with Crippen LogP contribution in [0.2, 0.25) is 0 Å². The molecule has 2 heteroatoms. The van der Waals surface area contributed by atoms with Crippen LogP contribution in [0.5, 0.6) is 0 Å². The minimum absolute atomic E-state index is 0.917. The van der Waals surface area contributed by atoms with Gasteiger partial charge >= 0.3 is 0 Å². The first-order valence-electron chi connectivity index (χ1n) is 4.90. The van der Waals surface area contributed by atoms with Gasteiger partial charge < -0.3 is 0 Å². The zero-order valence-electron chi connectivity index (χ0n) is 8.56. The van der Waals surface area contributed by atoms with Crippen molar-refractivity contribution >= 4 is 42.6 Å². The summed E-state index contributed by atoms with van der Waals surface area (Å²) in [4.78, 5) is 0. The minimum atomic E-state index is 0.917. The molecule has 0 nitrogen and oxygen atoms in total. The van der Waals surface area contributed by atoms with Crippen LogP contribution >= 0.6 is 31.9 Å². The molecule has 0 aliphatic rings. The van der Waals surface area contributed by atoms with E-state index in [0.29, 0.717) is 0 Å². The number of alkyl halides is 2. The highest BCUT2D eigenvalue weighted by Crippen LogP contribution is 2.28. The van der Waals surface area contributed by atoms with Gasteiger partial charge in [0, 0.05) is 10.7 Å². The van der Waals surface area contributed by atoms with E-state index < -0.39 is 0 Å². The fraction of sp³-hybridized carbons (Fsp3) is 0.231. The van der Waals surface area contributed by atoms with Crippen LogP contribution in [0.3, 0.4) is 0 Å². The Bertz CT molecular complexity index is 489. The van der Waals surface area contributed by atoms with Crippen LogP contribution in [-0.4, -0.2) is 0 Å². The number of benzene rings is 2. The SMILES string of the molecule is Cc1c(CBr)cc2ccccc2c1CBr. The third-order valence-electron chi connectivity index (χ3n) is 2.83. The van der Waals surface area contributed by atoms with Gasteiger partial charge in [-0.2, -0.15) is 0 Å². The van der Waals surface area contributed by atoms with Crippen molar-refractivity contribution in [2.45, 2.75) is 17.6 Å². The third-order valence-corrected chi connectivity index (χ3v) is 3.99. The van der Waals surface area contributed by atoms with Crippen molar-refractivity contribution in [3.05, 3.63) is 47.0 Å². The molecule has 2 aromatic carbocycles. The average molecular weight is 328 g/mol. The summed E-state index contributed by atoms with van der Waals surface area (Å²) < 4.78 is 0. The highest BCUT2D eigenvalue weighted by Gasteiger charge is 2.07. The second-order valence-corrected chi connectivity index (χ2v) is 4.75. The standard InChI is InChI=1S/C13H12Br2/c1-9-11(7-14)6-10-4-2-3-5-12(10)13(9)8-15/h2-6H,7-8H2,1H3. The Labute approximate surface area is 107 Å². The molecular formula is C13H12Br2. The molecule has 2 aromatic rings. The Hall–Kier alpha value is -0.340. The molecule has 78 valence electrons. The van der Waals surface area contributed by atoms with E-state index in [9.17, 15) is 0 Å². The van der Waals surface area contributed by atoms with Gasteiger partial charge in [0.1, 0.15) is 0 Å². The van der Waals surface area contributed by atoms with E-state index >= 15 is 0 Å². The average Bonchev–Trinajstić information content (AvgIpc) is 2.28. The summed E-state index contributed by atoms with van der Waals surface area (Å²) in [6.45, 7) is 2.19. The van der Waals surface area contributed by atoms with Gasteiger partial charge in [0.2, 0.25) is 0 Å². The summed E-state index contributed by atoms with van der Waals surface area (Å²) >= 11 is 7.12. The summed E-state index contributed by atoms with van der Waals surface area (Å²) in [6, 6.07) is 10.8. The molecule has 0 heterocycles. The van der Waals surface area contributed by atoms with Crippen molar-refractivity contribution in [2.24, 2.45) is 0 Å². The van der Waals surface area contributed by atoms with Crippen LogP contribution in [-0.2, 0) is 10.7 Å². The minimum Gasteiger partial charge on any atom is -0.0876 e. The van der Waals surface area contributed by atoms with Crippen LogP contribution in [0.1, 0.15) is 16.7 Å². The van der Waals surface area contributed by atoms with E-state index in [1.807, 2.05) is 0 Å². The first-order valence-corrected chi connectivity index (χ1v) is 7.14. The van der Waals surface area contributed by atoms with Crippen LogP contribution in [0, 0.1) is 6.92 Å². The number of fused-ring (bicyclic) bond motifs is 1. The van der Waals surface area contributed by atoms with Crippen molar-refractivity contribution in [1.82, 2.24) is 0 Å². The van der Waals surface area contributed by atoms with E-state index in [4.69, 9.17) is 0 Å². The number of rotatable bonds is 2. The lowest BCUT2D eigenvalue weighted by Gasteiger charge is -2.11. The Morgan fingerprint density at radius 2 is 1.80 bits per heavy atom. The maximum absolute atomic E-state index is 3.58. The zero-order valence-corrected chi connectivity index (χ0v) is 11.7. The second-order valence-electron chi connectivity index (χ2n) is 3.63. The molecule has 0 saturated carbocycles. The zero-order chi connectivity index (χ0) is 10.8. The molecule has 0 amide bonds. The normalized spacial score (nSPS) is 10.9. The lowest BCUT2D eigenvalue weighted by atomic mass is 9.97. The van der Waals surface area contributed by atoms with Gasteiger partial charge in [0.25, 0.3) is 0 Å². The number of hydrogen-bond acceptors (Lipinski definition) is 0. The molecule has 0 aliphatic carbocycles. The van der Waals surface area contributed by atoms with Crippen LogP contribution in [0.4, 0.5) is 0 Å². The molecule has 0 unspecified atom stereocenters. The number of hydrogen-bond donors (Lipinski definition) is 0. The molecule has 0 saturated heterocycles. The Morgan fingerprint density at radius 1 is 1.07 bits per heavy atom. The lowest BCUT2D eigenvalue weighted by Crippen LogP contribution is -1.93. The predicted molar refractivity (Wildman–Crippen MR) is 73.9 cm³/mol. The van der Waals surface area contributed by atoms with E-state index in [0.717, 1.165) is 10.7 Å². The monoisotopic (exact) mass is 326 g/mol. The van der Waals surface area contributed by atoms with E-state index in [1.54, 1.807) is 0 Å². The molecule has 2 rings (SSSR count). The molecule has 0 atom stereocenters. The first-order chi connectivity index (χ1) is 7.27. The largest absolute Gasteiger partial charge is 0.0876 e. The van der Waals surface area contributed by atoms with Gasteiger partial charge in [-0.05, 0) is 34.4 Å². The molecule has 0 bridgehead atoms. The van der Waals surface area contributed by atoms with Crippen molar-refractivity contribution < 1.29 is 0 Å². The van der Waals surface area contributed by atoms with Crippen LogP contribution in [0.15, 0.2) is 30.3 Å². The van der Waals surface area contributed by atoms with Crippen LogP contribution in [0.25, 0.3) is 10.8 Å². The maximum Gasteiger partial charge on any atom is 0.0291 e. The quantitative estimate of drug-likeness (QED) is 0.685. The molecule has 0 fully saturated rings. The Morgan fingerprint density at radius 3 is 2.47 bits per heavy atom. The summed E-state index contributed by atoms with van der Waals surface area (Å²) in [5, 5.41) is 4.52. The molecule has 0 spiro atoms. The van der Waals surface area contributed by atoms with E-state index in [1.165, 1.54) is 27.5 Å². The van der Waals surface area contributed by atoms with E-state index in [2.05, 4.69) is 69.1 Å². The van der Waals surface area contributed by atoms with Crippen molar-refractivity contribution in [3.8, 4) is 0 Å². The van der Waals surface area contributed by atoms with Gasteiger partial charge in [-0.3, -0.25) is 0 Å². The fourth-order valence-electron chi connectivity index (χ4n) is 1.90. The predicted octanol–water partition coefficient (Wildman–Crippen LogP) is 4.94. The first kappa shape index (κ1) is 11.2. The van der Waals surface area contributed by atoms with Crippen molar-refractivity contribution in [3.63, 3.8) is 0 Å². The van der Waals surface area contributed by atoms with Gasteiger partial charge in [-0.1, -0.05) is 62.2 Å². The van der Waals surface area contributed by atoms with Crippen molar-refractivity contribution in [1.29, 1.82) is 0 Å². The molecule has 0 N–H and O–H groups in total. The topological polar surface area (TPSA) is 0 Å². The molecule has 0 aromatic heterocycles. The van der Waals surface area contributed by atoms with E-state index in [-0.39, 0.29) is 0 Å². The lowest BCUT2D eigenvalue weighted by molar-refractivity contribution is 1.27. The highest BCUT2D eigenvalue weighted by molar-refractivity contribution is 9.08. The van der Waals surface area contributed by atoms with Gasteiger partial charge in [-0.15, -0.1) is 0 Å². The second kappa shape index (κ2) is 4.67. The molecule has 0 aliphatic heterocycles. The third kappa shape index (κ3) is 1.98. The smallest absolute Gasteiger partial charge is 0.0291 e. The fourth-order valence-corrected chi connectivity index (χ4v) is 3.21. The van der Waals surface area contributed by atoms with Gasteiger partial charge in [0.15, 0.2) is 0 Å². The summed E-state index contributed by atoms with van der Waals surface area (Å²) in [7, 11) is 0. The van der Waals surface area contributed by atoms with Gasteiger partial charge in [-0.25, -0.2) is 0 Å². The molecular weight excluding hydrogens is 316 g/mol. The Balaban J connectivity index is 2.83.